The molecule has 7 nitrogen and oxygen atoms in total. The fourth-order valence-corrected chi connectivity index (χ4v) is 4.72. The molecule has 0 saturated heterocycles. The third kappa shape index (κ3) is 4.83. The minimum absolute atomic E-state index is 0.216. The smallest absolute Gasteiger partial charge is 0.270 e. The van der Waals surface area contributed by atoms with Crippen molar-refractivity contribution in [1.82, 2.24) is 19.2 Å². The molecule has 9 heteroatoms. The third-order valence-electron chi connectivity index (χ3n) is 5.05. The van der Waals surface area contributed by atoms with Gasteiger partial charge in [0, 0.05) is 18.8 Å². The van der Waals surface area contributed by atoms with Crippen molar-refractivity contribution in [1.29, 1.82) is 0 Å². The summed E-state index contributed by atoms with van der Waals surface area (Å²) in [5.74, 6) is -0.718. The van der Waals surface area contributed by atoms with E-state index >= 15 is 0 Å². The number of sulfonamides is 1. The van der Waals surface area contributed by atoms with E-state index in [9.17, 15) is 17.6 Å². The van der Waals surface area contributed by atoms with E-state index < -0.39 is 10.0 Å². The van der Waals surface area contributed by atoms with Crippen LogP contribution in [0.4, 0.5) is 4.39 Å². The molecule has 31 heavy (non-hydrogen) atoms. The Balaban J connectivity index is 1.75. The number of rotatable bonds is 8. The van der Waals surface area contributed by atoms with Crippen LogP contribution in [0.5, 0.6) is 0 Å². The van der Waals surface area contributed by atoms with Gasteiger partial charge in [-0.1, -0.05) is 26.0 Å². The number of aromatic nitrogens is 2. The Kier molecular flexibility index (Phi) is 6.87. The van der Waals surface area contributed by atoms with E-state index in [1.54, 1.807) is 54.8 Å². The van der Waals surface area contributed by atoms with Crippen LogP contribution < -0.4 is 5.32 Å². The Morgan fingerprint density at radius 3 is 2.29 bits per heavy atom. The van der Waals surface area contributed by atoms with Crippen LogP contribution in [0.15, 0.2) is 66.0 Å². The number of nitrogens with zero attached hydrogens (tertiary/aromatic N) is 3. The van der Waals surface area contributed by atoms with Gasteiger partial charge in [-0.2, -0.15) is 4.31 Å². The van der Waals surface area contributed by atoms with Gasteiger partial charge in [0.2, 0.25) is 10.0 Å². The van der Waals surface area contributed by atoms with E-state index in [1.165, 1.54) is 29.0 Å². The average molecular weight is 445 g/mol. The molecule has 1 unspecified atom stereocenters. The average Bonchev–Trinajstić information content (AvgIpc) is 3.25. The number of nitrogens with one attached hydrogen (secondary N) is 1. The van der Waals surface area contributed by atoms with Crippen LogP contribution in [0, 0.1) is 5.82 Å². The molecule has 0 saturated carbocycles. The minimum atomic E-state index is -3.53. The number of benzene rings is 2. The van der Waals surface area contributed by atoms with E-state index in [2.05, 4.69) is 10.3 Å². The monoisotopic (exact) mass is 444 g/mol. The van der Waals surface area contributed by atoms with Crippen LogP contribution in [0.3, 0.4) is 0 Å². The number of halogens is 1. The van der Waals surface area contributed by atoms with E-state index in [-0.39, 0.29) is 22.7 Å². The molecule has 1 atom stereocenters. The molecule has 1 N–H and O–H groups in total. The topological polar surface area (TPSA) is 84.3 Å². The summed E-state index contributed by atoms with van der Waals surface area (Å²) in [6.45, 7) is 6.20. The molecule has 2 aromatic carbocycles. The Bertz CT molecular complexity index is 1140. The lowest BCUT2D eigenvalue weighted by Crippen LogP contribution is -2.30. The summed E-state index contributed by atoms with van der Waals surface area (Å²) in [7, 11) is -3.53. The minimum Gasteiger partial charge on any atom is -0.344 e. The number of amides is 1. The highest BCUT2D eigenvalue weighted by Crippen LogP contribution is 2.20. The van der Waals surface area contributed by atoms with E-state index in [0.29, 0.717) is 24.5 Å². The maximum Gasteiger partial charge on any atom is 0.270 e. The number of imidazole rings is 1. The first kappa shape index (κ1) is 22.6. The molecule has 0 aliphatic heterocycles. The normalized spacial score (nSPS) is 12.7. The van der Waals surface area contributed by atoms with Gasteiger partial charge in [0.15, 0.2) is 0 Å². The number of hydrogen-bond donors (Lipinski definition) is 1. The number of hydrogen-bond acceptors (Lipinski definition) is 4. The zero-order valence-electron chi connectivity index (χ0n) is 17.6. The molecule has 0 radical (unpaired) electrons. The quantitative estimate of drug-likeness (QED) is 0.576. The summed E-state index contributed by atoms with van der Waals surface area (Å²) in [6.07, 6.45) is 2.92. The van der Waals surface area contributed by atoms with E-state index in [0.717, 1.165) is 5.56 Å². The fraction of sp³-hybridized carbons (Fsp3) is 0.273. The molecule has 0 aliphatic carbocycles. The van der Waals surface area contributed by atoms with Gasteiger partial charge in [-0.25, -0.2) is 17.8 Å². The first-order valence-electron chi connectivity index (χ1n) is 9.97. The molecule has 1 amide bonds. The van der Waals surface area contributed by atoms with Gasteiger partial charge in [-0.15, -0.1) is 0 Å². The summed E-state index contributed by atoms with van der Waals surface area (Å²) in [5.41, 5.74) is 1.68. The lowest BCUT2D eigenvalue weighted by Gasteiger charge is -2.19. The predicted molar refractivity (Wildman–Crippen MR) is 116 cm³/mol. The second kappa shape index (κ2) is 9.40. The van der Waals surface area contributed by atoms with Crippen LogP contribution >= 0.6 is 0 Å². The summed E-state index contributed by atoms with van der Waals surface area (Å²) in [6, 6.07) is 11.9. The van der Waals surface area contributed by atoms with Crippen LogP contribution in [0.2, 0.25) is 0 Å². The third-order valence-corrected chi connectivity index (χ3v) is 7.11. The molecular weight excluding hydrogens is 419 g/mol. The van der Waals surface area contributed by atoms with Crippen molar-refractivity contribution in [2.75, 3.05) is 13.1 Å². The van der Waals surface area contributed by atoms with Crippen molar-refractivity contribution in [3.63, 3.8) is 0 Å². The van der Waals surface area contributed by atoms with Crippen molar-refractivity contribution in [2.24, 2.45) is 0 Å². The number of carbonyl (C=O) groups is 1. The zero-order valence-corrected chi connectivity index (χ0v) is 18.4. The lowest BCUT2D eigenvalue weighted by molar-refractivity contribution is 0.0933. The molecular formula is C22H25FN4O3S. The van der Waals surface area contributed by atoms with Crippen molar-refractivity contribution in [2.45, 2.75) is 31.7 Å². The first-order chi connectivity index (χ1) is 14.8. The van der Waals surface area contributed by atoms with Gasteiger partial charge in [0.05, 0.1) is 23.5 Å². The van der Waals surface area contributed by atoms with Crippen LogP contribution in [0.1, 0.15) is 42.9 Å². The second-order valence-corrected chi connectivity index (χ2v) is 8.92. The Labute approximate surface area is 181 Å². The van der Waals surface area contributed by atoms with Gasteiger partial charge < -0.3 is 5.32 Å². The number of carbonyl (C=O) groups excluding carboxylic acids is 1. The van der Waals surface area contributed by atoms with Crippen molar-refractivity contribution in [3.8, 4) is 5.69 Å². The standard InChI is InChI=1S/C22H25FN4O3S/c1-4-26(5-2)31(29,30)20-12-6-17(7-13-20)16(3)25-22(28)21-14-24-15-27(21)19-10-8-18(23)9-11-19/h6-16H,4-5H2,1-3H3,(H,25,28). The highest BCUT2D eigenvalue weighted by Gasteiger charge is 2.22. The van der Waals surface area contributed by atoms with Crippen molar-refractivity contribution < 1.29 is 17.6 Å². The molecule has 3 aromatic rings. The van der Waals surface area contributed by atoms with Crippen LogP contribution in [0.25, 0.3) is 5.69 Å². The summed E-state index contributed by atoms with van der Waals surface area (Å²) >= 11 is 0. The highest BCUT2D eigenvalue weighted by molar-refractivity contribution is 7.89. The van der Waals surface area contributed by atoms with E-state index in [1.807, 2.05) is 6.92 Å². The van der Waals surface area contributed by atoms with E-state index in [4.69, 9.17) is 0 Å². The fourth-order valence-electron chi connectivity index (χ4n) is 3.27. The Morgan fingerprint density at radius 1 is 1.10 bits per heavy atom. The van der Waals surface area contributed by atoms with Crippen LogP contribution in [-0.4, -0.2) is 41.3 Å². The highest BCUT2D eigenvalue weighted by atomic mass is 32.2. The van der Waals surface area contributed by atoms with Crippen LogP contribution in [-0.2, 0) is 10.0 Å². The summed E-state index contributed by atoms with van der Waals surface area (Å²) < 4.78 is 41.4. The molecule has 0 spiro atoms. The van der Waals surface area contributed by atoms with Gasteiger partial charge in [-0.05, 0) is 48.9 Å². The molecule has 1 aromatic heterocycles. The van der Waals surface area contributed by atoms with Crippen molar-refractivity contribution >= 4 is 15.9 Å². The van der Waals surface area contributed by atoms with Crippen molar-refractivity contribution in [3.05, 3.63) is 78.1 Å². The molecule has 3 rings (SSSR count). The molecule has 1 heterocycles. The summed E-state index contributed by atoms with van der Waals surface area (Å²) in [5, 5.41) is 2.89. The maximum atomic E-state index is 13.2. The molecule has 164 valence electrons. The van der Waals surface area contributed by atoms with Gasteiger partial charge in [-0.3, -0.25) is 9.36 Å². The molecule has 0 bridgehead atoms. The maximum absolute atomic E-state index is 13.2. The second-order valence-electron chi connectivity index (χ2n) is 6.98. The predicted octanol–water partition coefficient (Wildman–Crippen LogP) is 3.53. The Hall–Kier alpha value is -3.04. The van der Waals surface area contributed by atoms with Gasteiger partial charge in [0.1, 0.15) is 11.5 Å². The molecule has 0 aliphatic rings. The lowest BCUT2D eigenvalue weighted by atomic mass is 10.1. The first-order valence-corrected chi connectivity index (χ1v) is 11.4. The SMILES string of the molecule is CCN(CC)S(=O)(=O)c1ccc(C(C)NC(=O)c2cncn2-c2ccc(F)cc2)cc1. The van der Waals surface area contributed by atoms with Gasteiger partial charge in [0.25, 0.3) is 5.91 Å². The zero-order chi connectivity index (χ0) is 22.6. The largest absolute Gasteiger partial charge is 0.344 e. The molecule has 0 fully saturated rings. The summed E-state index contributed by atoms with van der Waals surface area (Å²) in [4.78, 5) is 17.0. The Morgan fingerprint density at radius 2 is 1.71 bits per heavy atom. The van der Waals surface area contributed by atoms with Gasteiger partial charge >= 0.3 is 0 Å².